The number of benzene rings is 1. The van der Waals surface area contributed by atoms with Crippen LogP contribution in [0.1, 0.15) is 33.3 Å². The number of aryl methyl sites for hydroxylation is 1. The third-order valence-corrected chi connectivity index (χ3v) is 4.44. The van der Waals surface area contributed by atoms with Crippen molar-refractivity contribution in [2.45, 2.75) is 20.3 Å². The fourth-order valence-electron chi connectivity index (χ4n) is 1.95. The van der Waals surface area contributed by atoms with Crippen LogP contribution in [0.25, 0.3) is 0 Å². The lowest BCUT2D eigenvalue weighted by atomic mass is 10.0. The fraction of sp³-hybridized carbons (Fsp3) is 0.214. The van der Waals surface area contributed by atoms with Crippen molar-refractivity contribution >= 4 is 33.7 Å². The predicted octanol–water partition coefficient (Wildman–Crippen LogP) is 4.09. The first-order valence-corrected chi connectivity index (χ1v) is 6.92. The van der Waals surface area contributed by atoms with Gasteiger partial charge >= 0.3 is 0 Å². The van der Waals surface area contributed by atoms with Crippen LogP contribution in [-0.2, 0) is 6.42 Å². The zero-order chi connectivity index (χ0) is 13.3. The van der Waals surface area contributed by atoms with Gasteiger partial charge in [0.25, 0.3) is 0 Å². The molecular weight excluding hydrogens is 266 g/mol. The quantitative estimate of drug-likeness (QED) is 0.860. The number of nitrogens with two attached hydrogens (primary N) is 1. The van der Waals surface area contributed by atoms with E-state index in [1.807, 2.05) is 6.92 Å². The number of halogens is 1. The van der Waals surface area contributed by atoms with E-state index in [9.17, 15) is 4.79 Å². The number of hydrogen-bond acceptors (Lipinski definition) is 3. The zero-order valence-electron chi connectivity index (χ0n) is 10.3. The summed E-state index contributed by atoms with van der Waals surface area (Å²) < 4.78 is 0. The normalized spacial score (nSPS) is 10.6. The molecule has 0 bridgehead atoms. The summed E-state index contributed by atoms with van der Waals surface area (Å²) in [6.07, 6.45) is 0.897. The highest BCUT2D eigenvalue weighted by molar-refractivity contribution is 7.16. The van der Waals surface area contributed by atoms with Gasteiger partial charge in [-0.2, -0.15) is 0 Å². The van der Waals surface area contributed by atoms with Crippen LogP contribution in [0, 0.1) is 6.92 Å². The first kappa shape index (κ1) is 13.1. The average Bonchev–Trinajstić information content (AvgIpc) is 2.64. The van der Waals surface area contributed by atoms with Gasteiger partial charge in [0.05, 0.1) is 10.6 Å². The highest BCUT2D eigenvalue weighted by atomic mass is 35.5. The van der Waals surface area contributed by atoms with E-state index in [1.54, 1.807) is 24.3 Å². The summed E-state index contributed by atoms with van der Waals surface area (Å²) in [6.45, 7) is 4.02. The lowest BCUT2D eigenvalue weighted by Crippen LogP contribution is -2.04. The van der Waals surface area contributed by atoms with Crippen LogP contribution in [-0.4, -0.2) is 5.78 Å². The van der Waals surface area contributed by atoms with Crippen molar-refractivity contribution in [3.05, 3.63) is 50.9 Å². The molecule has 2 nitrogen and oxygen atoms in total. The van der Waals surface area contributed by atoms with E-state index in [0.717, 1.165) is 12.0 Å². The fourth-order valence-corrected chi connectivity index (χ4v) is 3.09. The number of rotatable bonds is 3. The summed E-state index contributed by atoms with van der Waals surface area (Å²) >= 11 is 7.32. The molecule has 0 atom stereocenters. The standard InChI is InChI=1S/C14H14ClNOS/c1-3-11-8(2)12(14(16)18-11)13(17)9-4-6-10(15)7-5-9/h4-7H,3,16H2,1-2H3. The van der Waals surface area contributed by atoms with Crippen molar-refractivity contribution in [3.63, 3.8) is 0 Å². The SMILES string of the molecule is CCc1sc(N)c(C(=O)c2ccc(Cl)cc2)c1C. The highest BCUT2D eigenvalue weighted by Crippen LogP contribution is 2.32. The van der Waals surface area contributed by atoms with Crippen LogP contribution < -0.4 is 5.73 Å². The Labute approximate surface area is 115 Å². The largest absolute Gasteiger partial charge is 0.390 e. The van der Waals surface area contributed by atoms with Crippen LogP contribution in [0.5, 0.6) is 0 Å². The minimum atomic E-state index is -0.0300. The van der Waals surface area contributed by atoms with E-state index in [0.29, 0.717) is 21.2 Å². The number of thiophene rings is 1. The van der Waals surface area contributed by atoms with Gasteiger partial charge < -0.3 is 5.73 Å². The van der Waals surface area contributed by atoms with Crippen LogP contribution in [0.2, 0.25) is 5.02 Å². The van der Waals surface area contributed by atoms with Crippen molar-refractivity contribution in [1.82, 2.24) is 0 Å². The molecule has 94 valence electrons. The van der Waals surface area contributed by atoms with Gasteiger partial charge in [0, 0.05) is 15.5 Å². The maximum absolute atomic E-state index is 12.4. The number of ketones is 1. The molecule has 0 aliphatic rings. The second-order valence-electron chi connectivity index (χ2n) is 4.08. The van der Waals surface area contributed by atoms with Crippen LogP contribution in [0.15, 0.2) is 24.3 Å². The van der Waals surface area contributed by atoms with Crippen LogP contribution >= 0.6 is 22.9 Å². The molecule has 0 aliphatic carbocycles. The zero-order valence-corrected chi connectivity index (χ0v) is 11.9. The van der Waals surface area contributed by atoms with E-state index in [-0.39, 0.29) is 5.78 Å². The Bertz CT molecular complexity index is 587. The molecule has 0 fully saturated rings. The molecule has 2 aromatic rings. The highest BCUT2D eigenvalue weighted by Gasteiger charge is 2.19. The summed E-state index contributed by atoms with van der Waals surface area (Å²) in [6, 6.07) is 6.89. The number of nitrogen functional groups attached to an aromatic ring is 1. The summed E-state index contributed by atoms with van der Waals surface area (Å²) in [5.74, 6) is -0.0300. The third kappa shape index (κ3) is 2.28. The Hall–Kier alpha value is -1.32. The Kier molecular flexibility index (Phi) is 3.73. The molecule has 0 saturated carbocycles. The van der Waals surface area contributed by atoms with E-state index < -0.39 is 0 Å². The Morgan fingerprint density at radius 1 is 1.33 bits per heavy atom. The number of anilines is 1. The van der Waals surface area contributed by atoms with Gasteiger partial charge in [-0.05, 0) is 43.2 Å². The van der Waals surface area contributed by atoms with Gasteiger partial charge in [-0.1, -0.05) is 18.5 Å². The lowest BCUT2D eigenvalue weighted by molar-refractivity contribution is 0.103. The molecule has 0 aliphatic heterocycles. The van der Waals surface area contributed by atoms with E-state index >= 15 is 0 Å². The molecule has 0 spiro atoms. The Morgan fingerprint density at radius 2 is 1.94 bits per heavy atom. The number of carbonyl (C=O) groups is 1. The smallest absolute Gasteiger partial charge is 0.196 e. The van der Waals surface area contributed by atoms with Gasteiger partial charge in [-0.15, -0.1) is 11.3 Å². The summed E-state index contributed by atoms with van der Waals surface area (Å²) in [7, 11) is 0. The third-order valence-electron chi connectivity index (χ3n) is 2.93. The summed E-state index contributed by atoms with van der Waals surface area (Å²) in [5, 5.41) is 1.22. The molecule has 1 aromatic heterocycles. The lowest BCUT2D eigenvalue weighted by Gasteiger charge is -2.03. The first-order valence-electron chi connectivity index (χ1n) is 5.72. The molecule has 0 saturated heterocycles. The maximum Gasteiger partial charge on any atom is 0.196 e. The Morgan fingerprint density at radius 3 is 2.44 bits per heavy atom. The summed E-state index contributed by atoms with van der Waals surface area (Å²) in [5.41, 5.74) is 8.22. The molecule has 0 amide bonds. The topological polar surface area (TPSA) is 43.1 Å². The molecule has 1 aromatic carbocycles. The molecule has 2 N–H and O–H groups in total. The van der Waals surface area contributed by atoms with Crippen molar-refractivity contribution in [1.29, 1.82) is 0 Å². The average molecular weight is 280 g/mol. The minimum Gasteiger partial charge on any atom is -0.390 e. The van der Waals surface area contributed by atoms with Gasteiger partial charge in [-0.25, -0.2) is 0 Å². The van der Waals surface area contributed by atoms with Crippen molar-refractivity contribution < 1.29 is 4.79 Å². The van der Waals surface area contributed by atoms with Gasteiger partial charge in [0.15, 0.2) is 5.78 Å². The second kappa shape index (κ2) is 5.12. The number of hydrogen-bond donors (Lipinski definition) is 1. The van der Waals surface area contributed by atoms with E-state index in [1.165, 1.54) is 16.2 Å². The second-order valence-corrected chi connectivity index (χ2v) is 5.65. The van der Waals surface area contributed by atoms with E-state index in [2.05, 4.69) is 6.92 Å². The predicted molar refractivity (Wildman–Crippen MR) is 77.7 cm³/mol. The van der Waals surface area contributed by atoms with Crippen molar-refractivity contribution in [2.75, 3.05) is 5.73 Å². The van der Waals surface area contributed by atoms with Crippen molar-refractivity contribution in [2.24, 2.45) is 0 Å². The Balaban J connectivity index is 2.46. The van der Waals surface area contributed by atoms with Crippen LogP contribution in [0.4, 0.5) is 5.00 Å². The summed E-state index contributed by atoms with van der Waals surface area (Å²) in [4.78, 5) is 13.6. The number of carbonyl (C=O) groups excluding carboxylic acids is 1. The van der Waals surface area contributed by atoms with Gasteiger partial charge in [0.1, 0.15) is 0 Å². The maximum atomic E-state index is 12.4. The van der Waals surface area contributed by atoms with E-state index in [4.69, 9.17) is 17.3 Å². The molecule has 0 unspecified atom stereocenters. The van der Waals surface area contributed by atoms with Crippen molar-refractivity contribution in [3.8, 4) is 0 Å². The van der Waals surface area contributed by atoms with Gasteiger partial charge in [-0.3, -0.25) is 4.79 Å². The van der Waals surface area contributed by atoms with Crippen LogP contribution in [0.3, 0.4) is 0 Å². The molecule has 2 rings (SSSR count). The molecule has 0 radical (unpaired) electrons. The minimum absolute atomic E-state index is 0.0300. The molecule has 18 heavy (non-hydrogen) atoms. The monoisotopic (exact) mass is 279 g/mol. The molecule has 4 heteroatoms. The van der Waals surface area contributed by atoms with Gasteiger partial charge in [0.2, 0.25) is 0 Å². The molecular formula is C14H14ClNOS. The first-order chi connectivity index (χ1) is 8.54. The molecule has 1 heterocycles.